The van der Waals surface area contributed by atoms with Gasteiger partial charge in [-0.25, -0.2) is 0 Å². The maximum atomic E-state index is 8.33. The van der Waals surface area contributed by atoms with E-state index >= 15 is 0 Å². The molecular formula is C5H8O. The van der Waals surface area contributed by atoms with Gasteiger partial charge in [0.2, 0.25) is 0 Å². The van der Waals surface area contributed by atoms with Crippen LogP contribution in [-0.2, 0) is 0 Å². The van der Waals surface area contributed by atoms with Gasteiger partial charge in [-0.1, -0.05) is 12.2 Å². The third-order valence-corrected chi connectivity index (χ3v) is 1.08. The van der Waals surface area contributed by atoms with Crippen molar-refractivity contribution in [1.29, 1.82) is 0 Å². The van der Waals surface area contributed by atoms with Gasteiger partial charge in [0.05, 0.1) is 0 Å². The van der Waals surface area contributed by atoms with Crippen molar-refractivity contribution < 1.29 is 5.11 Å². The average molecular weight is 84.1 g/mol. The number of rotatable bonds is 1. The molecule has 0 spiro atoms. The molecule has 0 amide bonds. The Bertz CT molecular complexity index is 66.3. The number of aliphatic hydroxyl groups excluding tert-OH is 1. The standard InChI is InChI=1S/C5H8O/c6-4-5-2-1-3-5/h1-2,5-6H,3-4H2. The van der Waals surface area contributed by atoms with E-state index in [9.17, 15) is 0 Å². The Morgan fingerprint density at radius 3 is 2.50 bits per heavy atom. The molecule has 1 atom stereocenters. The number of hydrogen-bond donors (Lipinski definition) is 1. The molecule has 0 aliphatic heterocycles. The van der Waals surface area contributed by atoms with E-state index in [0.29, 0.717) is 12.5 Å². The van der Waals surface area contributed by atoms with Crippen molar-refractivity contribution >= 4 is 0 Å². The zero-order chi connectivity index (χ0) is 4.41. The number of hydrogen-bond acceptors (Lipinski definition) is 1. The van der Waals surface area contributed by atoms with Crippen molar-refractivity contribution in [1.82, 2.24) is 0 Å². The van der Waals surface area contributed by atoms with Crippen LogP contribution in [0.1, 0.15) is 6.42 Å². The highest BCUT2D eigenvalue weighted by molar-refractivity contribution is 5.01. The minimum atomic E-state index is 0.330. The van der Waals surface area contributed by atoms with Crippen LogP contribution in [0.4, 0.5) is 0 Å². The van der Waals surface area contributed by atoms with Crippen LogP contribution in [0.3, 0.4) is 0 Å². The van der Waals surface area contributed by atoms with Gasteiger partial charge in [-0.2, -0.15) is 0 Å². The van der Waals surface area contributed by atoms with Gasteiger partial charge in [-0.05, 0) is 6.42 Å². The molecular weight excluding hydrogens is 76.1 g/mol. The fourth-order valence-electron chi connectivity index (χ4n) is 0.464. The predicted molar refractivity (Wildman–Crippen MR) is 24.3 cm³/mol. The monoisotopic (exact) mass is 84.1 g/mol. The van der Waals surface area contributed by atoms with Gasteiger partial charge in [0.1, 0.15) is 0 Å². The van der Waals surface area contributed by atoms with Crippen molar-refractivity contribution in [3.8, 4) is 0 Å². The molecule has 0 aromatic rings. The topological polar surface area (TPSA) is 20.2 Å². The van der Waals surface area contributed by atoms with Crippen LogP contribution < -0.4 is 0 Å². The highest BCUT2D eigenvalue weighted by Gasteiger charge is 2.05. The zero-order valence-corrected chi connectivity index (χ0v) is 3.59. The van der Waals surface area contributed by atoms with Gasteiger partial charge >= 0.3 is 0 Å². The summed E-state index contributed by atoms with van der Waals surface area (Å²) in [5, 5.41) is 8.33. The van der Waals surface area contributed by atoms with Crippen molar-refractivity contribution in [2.75, 3.05) is 6.61 Å². The summed E-state index contributed by atoms with van der Waals surface area (Å²) in [6.07, 6.45) is 5.18. The van der Waals surface area contributed by atoms with Crippen LogP contribution in [0.25, 0.3) is 0 Å². The van der Waals surface area contributed by atoms with Crippen LogP contribution in [0.5, 0.6) is 0 Å². The second-order valence-corrected chi connectivity index (χ2v) is 1.61. The summed E-state index contributed by atoms with van der Waals surface area (Å²) in [5.74, 6) is 0.491. The molecule has 0 fully saturated rings. The maximum absolute atomic E-state index is 8.33. The largest absolute Gasteiger partial charge is 0.396 e. The zero-order valence-electron chi connectivity index (χ0n) is 3.59. The van der Waals surface area contributed by atoms with Gasteiger partial charge in [-0.15, -0.1) is 0 Å². The first-order chi connectivity index (χ1) is 2.93. The quantitative estimate of drug-likeness (QED) is 0.460. The maximum Gasteiger partial charge on any atom is 0.0496 e. The molecule has 0 aromatic heterocycles. The summed E-state index contributed by atoms with van der Waals surface area (Å²) in [6.45, 7) is 0.330. The summed E-state index contributed by atoms with van der Waals surface area (Å²) in [7, 11) is 0. The van der Waals surface area contributed by atoms with Gasteiger partial charge < -0.3 is 5.11 Å². The molecule has 1 unspecified atom stereocenters. The number of allylic oxidation sites excluding steroid dienone is 1. The molecule has 0 saturated carbocycles. The third kappa shape index (κ3) is 0.455. The van der Waals surface area contributed by atoms with E-state index in [-0.39, 0.29) is 0 Å². The predicted octanol–water partition coefficient (Wildman–Crippen LogP) is 0.555. The van der Waals surface area contributed by atoms with Crippen molar-refractivity contribution in [2.45, 2.75) is 6.42 Å². The Morgan fingerprint density at radius 1 is 1.83 bits per heavy atom. The van der Waals surface area contributed by atoms with E-state index in [1.807, 2.05) is 6.08 Å². The van der Waals surface area contributed by atoms with Gasteiger partial charge in [0.25, 0.3) is 0 Å². The first-order valence-electron chi connectivity index (χ1n) is 2.21. The van der Waals surface area contributed by atoms with Crippen LogP contribution in [0.15, 0.2) is 12.2 Å². The van der Waals surface area contributed by atoms with E-state index in [4.69, 9.17) is 5.11 Å². The molecule has 1 N–H and O–H groups in total. The first kappa shape index (κ1) is 3.88. The van der Waals surface area contributed by atoms with E-state index in [2.05, 4.69) is 6.08 Å². The Kier molecular flexibility index (Phi) is 0.926. The van der Waals surface area contributed by atoms with Gasteiger partial charge in [0, 0.05) is 12.5 Å². The van der Waals surface area contributed by atoms with E-state index in [0.717, 1.165) is 6.42 Å². The molecule has 0 aromatic carbocycles. The molecule has 1 nitrogen and oxygen atoms in total. The molecule has 0 bridgehead atoms. The molecule has 0 radical (unpaired) electrons. The molecule has 34 valence electrons. The van der Waals surface area contributed by atoms with E-state index in [1.165, 1.54) is 0 Å². The fourth-order valence-corrected chi connectivity index (χ4v) is 0.464. The lowest BCUT2D eigenvalue weighted by Crippen LogP contribution is -2.06. The molecule has 0 saturated heterocycles. The van der Waals surface area contributed by atoms with Crippen LogP contribution in [-0.4, -0.2) is 11.7 Å². The summed E-state index contributed by atoms with van der Waals surface area (Å²) in [6, 6.07) is 0. The van der Waals surface area contributed by atoms with Gasteiger partial charge in [0.15, 0.2) is 0 Å². The second kappa shape index (κ2) is 1.43. The summed E-state index contributed by atoms with van der Waals surface area (Å²) >= 11 is 0. The summed E-state index contributed by atoms with van der Waals surface area (Å²) in [4.78, 5) is 0. The molecule has 1 rings (SSSR count). The summed E-state index contributed by atoms with van der Waals surface area (Å²) < 4.78 is 0. The highest BCUT2D eigenvalue weighted by atomic mass is 16.3. The minimum Gasteiger partial charge on any atom is -0.396 e. The smallest absolute Gasteiger partial charge is 0.0496 e. The Hall–Kier alpha value is -0.300. The lowest BCUT2D eigenvalue weighted by atomic mass is 9.97. The highest BCUT2D eigenvalue weighted by Crippen LogP contribution is 2.14. The molecule has 0 heterocycles. The van der Waals surface area contributed by atoms with Crippen molar-refractivity contribution in [3.63, 3.8) is 0 Å². The Morgan fingerprint density at radius 2 is 2.50 bits per heavy atom. The van der Waals surface area contributed by atoms with Crippen molar-refractivity contribution in [3.05, 3.63) is 12.2 Å². The number of aliphatic hydroxyl groups is 1. The lowest BCUT2D eigenvalue weighted by Gasteiger charge is -2.12. The molecule has 6 heavy (non-hydrogen) atoms. The fraction of sp³-hybridized carbons (Fsp3) is 0.600. The molecule has 1 heteroatoms. The SMILES string of the molecule is OCC1C=CC1. The van der Waals surface area contributed by atoms with E-state index < -0.39 is 0 Å². The third-order valence-electron chi connectivity index (χ3n) is 1.08. The van der Waals surface area contributed by atoms with Crippen molar-refractivity contribution in [2.24, 2.45) is 5.92 Å². The van der Waals surface area contributed by atoms with Gasteiger partial charge in [-0.3, -0.25) is 0 Å². The lowest BCUT2D eigenvalue weighted by molar-refractivity contribution is 0.245. The Labute approximate surface area is 37.3 Å². The van der Waals surface area contributed by atoms with Crippen LogP contribution >= 0.6 is 0 Å². The average Bonchev–Trinajstić information content (AvgIpc) is 1.31. The van der Waals surface area contributed by atoms with Crippen LogP contribution in [0, 0.1) is 5.92 Å². The van der Waals surface area contributed by atoms with E-state index in [1.54, 1.807) is 0 Å². The Balaban J connectivity index is 2.21. The molecule has 1 aliphatic rings. The first-order valence-corrected chi connectivity index (χ1v) is 2.21. The molecule has 1 aliphatic carbocycles. The second-order valence-electron chi connectivity index (χ2n) is 1.61. The normalized spacial score (nSPS) is 29.8. The summed E-state index contributed by atoms with van der Waals surface area (Å²) in [5.41, 5.74) is 0. The minimum absolute atomic E-state index is 0.330. The van der Waals surface area contributed by atoms with Crippen LogP contribution in [0.2, 0.25) is 0 Å².